The highest BCUT2D eigenvalue weighted by atomic mass is 35.5. The van der Waals surface area contributed by atoms with E-state index in [-0.39, 0.29) is 17.8 Å². The third-order valence-corrected chi connectivity index (χ3v) is 3.29. The Kier molecular flexibility index (Phi) is 3.64. The topological polar surface area (TPSA) is 85.8 Å². The van der Waals surface area contributed by atoms with Gasteiger partial charge in [-0.25, -0.2) is 0 Å². The fourth-order valence-corrected chi connectivity index (χ4v) is 2.23. The maximum absolute atomic E-state index is 12.2. The molecule has 22 heavy (non-hydrogen) atoms. The normalized spacial score (nSPS) is 10.7. The highest BCUT2D eigenvalue weighted by Crippen LogP contribution is 2.23. The number of rotatable bonds is 3. The molecule has 0 bridgehead atoms. The van der Waals surface area contributed by atoms with Crippen LogP contribution in [0, 0.1) is 6.92 Å². The molecule has 0 saturated heterocycles. The van der Waals surface area contributed by atoms with Crippen LogP contribution >= 0.6 is 11.6 Å². The molecule has 3 rings (SSSR count). The van der Waals surface area contributed by atoms with Gasteiger partial charge in [-0.05, 0) is 30.7 Å². The van der Waals surface area contributed by atoms with Gasteiger partial charge in [-0.3, -0.25) is 14.8 Å². The lowest BCUT2D eigenvalue weighted by atomic mass is 10.2. The molecule has 2 aromatic heterocycles. The van der Waals surface area contributed by atoms with E-state index in [0.29, 0.717) is 16.3 Å². The molecular weight excluding hydrogens is 306 g/mol. The molecule has 1 N–H and O–H groups in total. The van der Waals surface area contributed by atoms with Gasteiger partial charge in [0.1, 0.15) is 5.69 Å². The molecule has 2 heterocycles. The number of benzene rings is 1. The van der Waals surface area contributed by atoms with Crippen molar-refractivity contribution in [2.75, 3.05) is 5.32 Å². The summed E-state index contributed by atoms with van der Waals surface area (Å²) in [6, 6.07) is 7.02. The highest BCUT2D eigenvalue weighted by molar-refractivity contribution is 6.30. The lowest BCUT2D eigenvalue weighted by Crippen LogP contribution is -2.17. The van der Waals surface area contributed by atoms with Crippen LogP contribution in [0.5, 0.6) is 0 Å². The van der Waals surface area contributed by atoms with Gasteiger partial charge in [0, 0.05) is 17.6 Å². The standard InChI is InChI=1S/C14H12ClN5O2/c1-8-7-16-20(2)11(8)12(21)17-14-19-18-13(22-14)9-4-3-5-10(15)6-9/h3-7H,1-2H3,(H,17,19,21). The van der Waals surface area contributed by atoms with E-state index < -0.39 is 0 Å². The smallest absolute Gasteiger partial charge is 0.322 e. The summed E-state index contributed by atoms with van der Waals surface area (Å²) in [7, 11) is 1.69. The molecule has 1 amide bonds. The maximum Gasteiger partial charge on any atom is 0.322 e. The molecule has 0 spiro atoms. The molecule has 0 unspecified atom stereocenters. The average Bonchev–Trinajstić information content (AvgIpc) is 3.06. The Morgan fingerprint density at radius 3 is 2.86 bits per heavy atom. The number of anilines is 1. The number of halogens is 1. The fourth-order valence-electron chi connectivity index (χ4n) is 2.04. The second-order valence-electron chi connectivity index (χ2n) is 4.68. The van der Waals surface area contributed by atoms with Crippen LogP contribution in [-0.2, 0) is 7.05 Å². The largest absolute Gasteiger partial charge is 0.403 e. The zero-order valence-electron chi connectivity index (χ0n) is 11.9. The van der Waals surface area contributed by atoms with Crippen molar-refractivity contribution in [3.05, 3.63) is 46.7 Å². The maximum atomic E-state index is 12.2. The van der Waals surface area contributed by atoms with Crippen LogP contribution < -0.4 is 5.32 Å². The molecule has 0 fully saturated rings. The van der Waals surface area contributed by atoms with Gasteiger partial charge in [-0.2, -0.15) is 5.10 Å². The molecule has 7 nitrogen and oxygen atoms in total. The van der Waals surface area contributed by atoms with E-state index in [4.69, 9.17) is 16.0 Å². The summed E-state index contributed by atoms with van der Waals surface area (Å²) in [4.78, 5) is 12.2. The predicted octanol–water partition coefficient (Wildman–Crippen LogP) is 2.68. The van der Waals surface area contributed by atoms with Crippen molar-refractivity contribution >= 4 is 23.5 Å². The van der Waals surface area contributed by atoms with Gasteiger partial charge in [-0.1, -0.05) is 22.8 Å². The van der Waals surface area contributed by atoms with Crippen molar-refractivity contribution < 1.29 is 9.21 Å². The summed E-state index contributed by atoms with van der Waals surface area (Å²) in [5, 5.41) is 14.8. The van der Waals surface area contributed by atoms with E-state index in [2.05, 4.69) is 20.6 Å². The Balaban J connectivity index is 1.82. The van der Waals surface area contributed by atoms with Gasteiger partial charge < -0.3 is 4.42 Å². The summed E-state index contributed by atoms with van der Waals surface area (Å²) >= 11 is 5.92. The van der Waals surface area contributed by atoms with Crippen LogP contribution in [0.25, 0.3) is 11.5 Å². The van der Waals surface area contributed by atoms with Crippen molar-refractivity contribution in [3.8, 4) is 11.5 Å². The van der Waals surface area contributed by atoms with E-state index in [1.165, 1.54) is 4.68 Å². The first-order valence-corrected chi connectivity index (χ1v) is 6.82. The number of hydrogen-bond donors (Lipinski definition) is 1. The third-order valence-electron chi connectivity index (χ3n) is 3.05. The molecule has 0 aliphatic heterocycles. The fraction of sp³-hybridized carbons (Fsp3) is 0.143. The zero-order valence-corrected chi connectivity index (χ0v) is 12.6. The summed E-state index contributed by atoms with van der Waals surface area (Å²) in [6.07, 6.45) is 1.61. The number of nitrogens with one attached hydrogen (secondary N) is 1. The first-order chi connectivity index (χ1) is 10.5. The van der Waals surface area contributed by atoms with Crippen molar-refractivity contribution in [1.29, 1.82) is 0 Å². The summed E-state index contributed by atoms with van der Waals surface area (Å²) in [6.45, 7) is 1.80. The van der Waals surface area contributed by atoms with Gasteiger partial charge in [0.05, 0.1) is 6.20 Å². The Hall–Kier alpha value is -2.67. The van der Waals surface area contributed by atoms with Gasteiger partial charge in [0.15, 0.2) is 0 Å². The molecular formula is C14H12ClN5O2. The third kappa shape index (κ3) is 2.71. The van der Waals surface area contributed by atoms with Crippen LogP contribution in [-0.4, -0.2) is 25.9 Å². The highest BCUT2D eigenvalue weighted by Gasteiger charge is 2.17. The van der Waals surface area contributed by atoms with Crippen LogP contribution in [0.4, 0.5) is 6.01 Å². The Morgan fingerprint density at radius 2 is 2.18 bits per heavy atom. The van der Waals surface area contributed by atoms with Gasteiger partial charge in [0.2, 0.25) is 5.89 Å². The average molecular weight is 318 g/mol. The molecule has 112 valence electrons. The Morgan fingerprint density at radius 1 is 1.36 bits per heavy atom. The number of carbonyl (C=O) groups excluding carboxylic acids is 1. The number of amides is 1. The Bertz CT molecular complexity index is 820. The van der Waals surface area contributed by atoms with E-state index in [9.17, 15) is 4.79 Å². The monoisotopic (exact) mass is 317 g/mol. The van der Waals surface area contributed by atoms with E-state index in [1.807, 2.05) is 0 Å². The van der Waals surface area contributed by atoms with E-state index in [1.54, 1.807) is 44.4 Å². The lowest BCUT2D eigenvalue weighted by molar-refractivity contribution is 0.101. The minimum Gasteiger partial charge on any atom is -0.403 e. The zero-order chi connectivity index (χ0) is 15.7. The molecule has 0 aliphatic carbocycles. The van der Waals surface area contributed by atoms with Gasteiger partial charge in [0.25, 0.3) is 5.91 Å². The number of aromatic nitrogens is 4. The summed E-state index contributed by atoms with van der Waals surface area (Å²) < 4.78 is 6.92. The molecule has 8 heteroatoms. The van der Waals surface area contributed by atoms with Crippen LogP contribution in [0.2, 0.25) is 5.02 Å². The molecule has 0 aliphatic rings. The SMILES string of the molecule is Cc1cnn(C)c1C(=O)Nc1nnc(-c2cccc(Cl)c2)o1. The second-order valence-corrected chi connectivity index (χ2v) is 5.11. The van der Waals surface area contributed by atoms with Crippen molar-refractivity contribution in [2.24, 2.45) is 7.05 Å². The minimum absolute atomic E-state index is 0.0144. The number of aryl methyl sites for hydroxylation is 2. The molecule has 3 aromatic rings. The first kappa shape index (κ1) is 14.3. The number of nitrogens with zero attached hydrogens (tertiary/aromatic N) is 4. The van der Waals surface area contributed by atoms with Crippen molar-refractivity contribution in [2.45, 2.75) is 6.92 Å². The van der Waals surface area contributed by atoms with Gasteiger partial charge in [-0.15, -0.1) is 5.10 Å². The first-order valence-electron chi connectivity index (χ1n) is 6.44. The minimum atomic E-state index is -0.362. The van der Waals surface area contributed by atoms with E-state index in [0.717, 1.165) is 5.56 Å². The van der Waals surface area contributed by atoms with Crippen LogP contribution in [0.3, 0.4) is 0 Å². The molecule has 0 atom stereocenters. The Labute approximate surface area is 130 Å². The second kappa shape index (κ2) is 5.61. The van der Waals surface area contributed by atoms with Crippen LogP contribution in [0.15, 0.2) is 34.9 Å². The number of carbonyl (C=O) groups is 1. The van der Waals surface area contributed by atoms with Crippen LogP contribution in [0.1, 0.15) is 16.1 Å². The van der Waals surface area contributed by atoms with Gasteiger partial charge >= 0.3 is 6.01 Å². The summed E-state index contributed by atoms with van der Waals surface area (Å²) in [5.74, 6) is -0.0849. The van der Waals surface area contributed by atoms with Crippen molar-refractivity contribution in [1.82, 2.24) is 20.0 Å². The predicted molar refractivity (Wildman–Crippen MR) is 80.6 cm³/mol. The quantitative estimate of drug-likeness (QED) is 0.802. The number of hydrogen-bond acceptors (Lipinski definition) is 5. The molecule has 0 saturated carbocycles. The van der Waals surface area contributed by atoms with E-state index >= 15 is 0 Å². The lowest BCUT2D eigenvalue weighted by Gasteiger charge is -2.02. The van der Waals surface area contributed by atoms with Crippen molar-refractivity contribution in [3.63, 3.8) is 0 Å². The summed E-state index contributed by atoms with van der Waals surface area (Å²) in [5.41, 5.74) is 1.87. The molecule has 1 aromatic carbocycles. The molecule has 0 radical (unpaired) electrons.